The number of nitrogens with zero attached hydrogens (tertiary/aromatic N) is 3. The molecule has 3 rings (SSSR count). The Morgan fingerprint density at radius 2 is 1.66 bits per heavy atom. The summed E-state index contributed by atoms with van der Waals surface area (Å²) in [5.74, 6) is 1.06. The van der Waals surface area contributed by atoms with Gasteiger partial charge in [-0.25, -0.2) is 9.47 Å². The molecule has 0 unspecified atom stereocenters. The quantitative estimate of drug-likeness (QED) is 0.594. The van der Waals surface area contributed by atoms with E-state index in [1.807, 2.05) is 31.2 Å². The summed E-state index contributed by atoms with van der Waals surface area (Å²) in [5, 5.41) is 22.5. The van der Waals surface area contributed by atoms with Crippen LogP contribution in [-0.4, -0.2) is 58.5 Å². The fourth-order valence-electron chi connectivity index (χ4n) is 4.17. The van der Waals surface area contributed by atoms with Crippen molar-refractivity contribution in [2.45, 2.75) is 45.8 Å². The highest BCUT2D eigenvalue weighted by molar-refractivity contribution is 6.13. The van der Waals surface area contributed by atoms with Crippen LogP contribution < -0.4 is 10.2 Å². The van der Waals surface area contributed by atoms with Crippen LogP contribution in [0.5, 0.6) is 0 Å². The van der Waals surface area contributed by atoms with E-state index in [4.69, 9.17) is 15.5 Å². The van der Waals surface area contributed by atoms with E-state index in [-0.39, 0.29) is 23.5 Å². The number of fused-ring (bicyclic) bond motifs is 3. The molecule has 2 heterocycles. The monoisotopic (exact) mass is 423 g/mol. The van der Waals surface area contributed by atoms with Gasteiger partial charge in [0.2, 0.25) is 5.84 Å². The third-order valence-electron chi connectivity index (χ3n) is 4.78. The fraction of sp³-hybridized carbons (Fsp3) is 0.524. The van der Waals surface area contributed by atoms with Gasteiger partial charge in [0.15, 0.2) is 17.2 Å². The van der Waals surface area contributed by atoms with Gasteiger partial charge in [-0.05, 0) is 46.8 Å². The first kappa shape index (κ1) is 23.5. The number of pyridine rings is 1. The van der Waals surface area contributed by atoms with Crippen molar-refractivity contribution in [3.8, 4) is 0 Å². The van der Waals surface area contributed by atoms with E-state index in [2.05, 4.69) is 4.98 Å². The summed E-state index contributed by atoms with van der Waals surface area (Å²) in [5.41, 5.74) is 6.48. The highest BCUT2D eigenvalue weighted by Gasteiger charge is 2.51. The van der Waals surface area contributed by atoms with Gasteiger partial charge in [0.1, 0.15) is 30.9 Å². The standard InChI is InChI=1S/C21H31N4O3.ClH/c1-6-28-11-16-24-17-18(14-9-7-8-10-15(14)23-19(17)22)25(16,12-20(2,3)26)13-21(4,5)27;/h7-10,26-27H,6,11-13H2,1-5H3,(H2,22,23);1H/q+1;. The van der Waals surface area contributed by atoms with Crippen LogP contribution in [0.1, 0.15) is 34.6 Å². The minimum absolute atomic E-state index is 0. The summed E-state index contributed by atoms with van der Waals surface area (Å²) in [6, 6.07) is 7.76. The number of quaternary nitrogens is 1. The summed E-state index contributed by atoms with van der Waals surface area (Å²) in [6.45, 7) is 10.4. The normalized spacial score (nSPS) is 15.8. The second-order valence-electron chi connectivity index (χ2n) is 8.79. The number of hydrogen-bond acceptors (Lipinski definition) is 6. The number of aromatic nitrogens is 1. The number of nitrogens with two attached hydrogens (primary N) is 1. The zero-order valence-electron chi connectivity index (χ0n) is 17.8. The summed E-state index contributed by atoms with van der Waals surface area (Å²) in [6.07, 6.45) is 0. The Labute approximate surface area is 178 Å². The number of halogens is 1. The lowest BCUT2D eigenvalue weighted by atomic mass is 9.99. The second-order valence-corrected chi connectivity index (χ2v) is 8.79. The van der Waals surface area contributed by atoms with Crippen LogP contribution in [0, 0.1) is 0 Å². The number of rotatable bonds is 7. The minimum atomic E-state index is -1.01. The molecule has 1 aliphatic heterocycles. The van der Waals surface area contributed by atoms with Crippen LogP contribution in [0.3, 0.4) is 0 Å². The zero-order chi connectivity index (χ0) is 20.7. The molecule has 0 saturated carbocycles. The fourth-order valence-corrected chi connectivity index (χ4v) is 4.17. The number of ether oxygens (including phenoxy) is 1. The average molecular weight is 424 g/mol. The second kappa shape index (κ2) is 8.16. The first-order valence-corrected chi connectivity index (χ1v) is 9.63. The third-order valence-corrected chi connectivity index (χ3v) is 4.78. The van der Waals surface area contributed by atoms with Crippen LogP contribution in [0.4, 0.5) is 17.2 Å². The Balaban J connectivity index is 0.00000300. The van der Waals surface area contributed by atoms with Gasteiger partial charge in [-0.2, -0.15) is 4.99 Å². The maximum absolute atomic E-state index is 10.8. The van der Waals surface area contributed by atoms with Crippen LogP contribution in [0.2, 0.25) is 0 Å². The van der Waals surface area contributed by atoms with Gasteiger partial charge in [-0.3, -0.25) is 0 Å². The molecular formula is C21H32ClN4O3+. The highest BCUT2D eigenvalue weighted by Crippen LogP contribution is 2.49. The molecule has 0 saturated heterocycles. The van der Waals surface area contributed by atoms with E-state index >= 15 is 0 Å². The van der Waals surface area contributed by atoms with Crippen molar-refractivity contribution in [3.63, 3.8) is 0 Å². The molecule has 1 aromatic carbocycles. The maximum atomic E-state index is 10.8. The first-order chi connectivity index (χ1) is 13.0. The Bertz CT molecular complexity index is 901. The summed E-state index contributed by atoms with van der Waals surface area (Å²) in [7, 11) is 0. The molecule has 1 aliphatic rings. The highest BCUT2D eigenvalue weighted by atomic mass is 35.5. The Morgan fingerprint density at radius 3 is 2.21 bits per heavy atom. The number of amidine groups is 1. The minimum Gasteiger partial charge on any atom is -0.385 e. The number of aliphatic hydroxyl groups is 2. The number of anilines is 1. The molecule has 2 aromatic rings. The predicted molar refractivity (Wildman–Crippen MR) is 121 cm³/mol. The van der Waals surface area contributed by atoms with Crippen molar-refractivity contribution in [1.82, 2.24) is 9.47 Å². The van der Waals surface area contributed by atoms with Gasteiger partial charge in [0.25, 0.3) is 0 Å². The van der Waals surface area contributed by atoms with E-state index in [9.17, 15) is 10.2 Å². The number of hydrogen-bond donors (Lipinski definition) is 3. The number of para-hydroxylation sites is 1. The van der Waals surface area contributed by atoms with Crippen LogP contribution in [-0.2, 0) is 4.74 Å². The Kier molecular flexibility index (Phi) is 6.62. The van der Waals surface area contributed by atoms with Crippen molar-refractivity contribution >= 4 is 46.3 Å². The molecule has 4 N–H and O–H groups in total. The molecule has 0 amide bonds. The third kappa shape index (κ3) is 4.70. The van der Waals surface area contributed by atoms with Crippen molar-refractivity contribution in [1.29, 1.82) is 0 Å². The molecule has 160 valence electrons. The van der Waals surface area contributed by atoms with E-state index < -0.39 is 11.2 Å². The summed E-state index contributed by atoms with van der Waals surface area (Å²) >= 11 is 0. The van der Waals surface area contributed by atoms with E-state index in [0.717, 1.165) is 16.6 Å². The largest absolute Gasteiger partial charge is 0.385 e. The van der Waals surface area contributed by atoms with Crippen LogP contribution in [0.15, 0.2) is 29.3 Å². The van der Waals surface area contributed by atoms with E-state index in [0.29, 0.717) is 37.0 Å². The van der Waals surface area contributed by atoms with Crippen molar-refractivity contribution in [3.05, 3.63) is 24.3 Å². The van der Waals surface area contributed by atoms with E-state index in [1.54, 1.807) is 27.7 Å². The first-order valence-electron chi connectivity index (χ1n) is 9.63. The molecule has 0 spiro atoms. The van der Waals surface area contributed by atoms with Gasteiger partial charge >= 0.3 is 0 Å². The smallest absolute Gasteiger partial charge is 0.235 e. The van der Waals surface area contributed by atoms with Crippen molar-refractivity contribution in [2.24, 2.45) is 4.99 Å². The molecule has 0 aliphatic carbocycles. The molecule has 0 radical (unpaired) electrons. The SMILES string of the molecule is CCOCC1=Nc2c(N)nc3ccccc3c2[N+]1(CC(C)(C)O)CC(C)(C)O.Cl. The van der Waals surface area contributed by atoms with Crippen LogP contribution in [0.25, 0.3) is 10.9 Å². The molecule has 8 heteroatoms. The zero-order valence-corrected chi connectivity index (χ0v) is 18.6. The van der Waals surface area contributed by atoms with Gasteiger partial charge in [0, 0.05) is 6.61 Å². The van der Waals surface area contributed by atoms with Crippen LogP contribution >= 0.6 is 12.4 Å². The maximum Gasteiger partial charge on any atom is 0.235 e. The Hall–Kier alpha value is -1.77. The lowest BCUT2D eigenvalue weighted by Gasteiger charge is -2.42. The lowest BCUT2D eigenvalue weighted by molar-refractivity contribution is 0.0182. The van der Waals surface area contributed by atoms with Gasteiger partial charge < -0.3 is 20.7 Å². The molecule has 1 aromatic heterocycles. The predicted octanol–water partition coefficient (Wildman–Crippen LogP) is 3.17. The number of nitrogen functional groups attached to an aromatic ring is 1. The molecule has 29 heavy (non-hydrogen) atoms. The summed E-state index contributed by atoms with van der Waals surface area (Å²) < 4.78 is 5.89. The lowest BCUT2D eigenvalue weighted by Crippen LogP contribution is -2.64. The Morgan fingerprint density at radius 1 is 1.07 bits per heavy atom. The van der Waals surface area contributed by atoms with Gasteiger partial charge in [-0.15, -0.1) is 12.4 Å². The topological polar surface area (TPSA) is 101 Å². The average Bonchev–Trinajstić information content (AvgIpc) is 2.84. The molecule has 0 atom stereocenters. The number of aliphatic imine (C=N–C) groups is 1. The van der Waals surface area contributed by atoms with Crippen molar-refractivity contribution in [2.75, 3.05) is 32.0 Å². The van der Waals surface area contributed by atoms with Gasteiger partial charge in [0.05, 0.1) is 10.9 Å². The van der Waals surface area contributed by atoms with Gasteiger partial charge in [-0.1, -0.05) is 12.1 Å². The summed E-state index contributed by atoms with van der Waals surface area (Å²) in [4.78, 5) is 9.33. The van der Waals surface area contributed by atoms with E-state index in [1.165, 1.54) is 0 Å². The molecule has 0 fully saturated rings. The molecule has 0 bridgehead atoms. The van der Waals surface area contributed by atoms with Crippen molar-refractivity contribution < 1.29 is 14.9 Å². The molecule has 7 nitrogen and oxygen atoms in total. The molecular weight excluding hydrogens is 392 g/mol. The number of benzene rings is 1.